The quantitative estimate of drug-likeness (QED) is 0.450. The van der Waals surface area contributed by atoms with E-state index >= 15 is 0 Å². The number of hydrogen-bond acceptors (Lipinski definition) is 6. The molecule has 2 heterocycles. The molecule has 0 spiro atoms. The van der Waals surface area contributed by atoms with Crippen molar-refractivity contribution in [2.24, 2.45) is 0 Å². The molecule has 0 radical (unpaired) electrons. The Balaban J connectivity index is 1.69. The van der Waals surface area contributed by atoms with Gasteiger partial charge in [-0.1, -0.05) is 6.07 Å². The van der Waals surface area contributed by atoms with E-state index in [-0.39, 0.29) is 18.1 Å². The van der Waals surface area contributed by atoms with Gasteiger partial charge in [0.2, 0.25) is 5.78 Å². The zero-order chi connectivity index (χ0) is 18.8. The summed E-state index contributed by atoms with van der Waals surface area (Å²) in [7, 11) is 0. The Kier molecular flexibility index (Phi) is 5.34. The summed E-state index contributed by atoms with van der Waals surface area (Å²) in [6, 6.07) is 5.75. The number of aryl methyl sites for hydroxylation is 1. The molecule has 0 aliphatic rings. The molecular formula is C20H19NO3S2. The van der Waals surface area contributed by atoms with Crippen molar-refractivity contribution in [3.63, 3.8) is 0 Å². The van der Waals surface area contributed by atoms with Crippen LogP contribution < -0.4 is 0 Å². The van der Waals surface area contributed by atoms with Gasteiger partial charge in [0.05, 0.1) is 4.88 Å². The number of carbonyl (C=O) groups is 2. The van der Waals surface area contributed by atoms with Crippen molar-refractivity contribution in [1.29, 1.82) is 0 Å². The number of hydrogen-bond donors (Lipinski definition) is 0. The topological polar surface area (TPSA) is 56.3 Å². The molecule has 0 atom stereocenters. The van der Waals surface area contributed by atoms with E-state index in [0.29, 0.717) is 5.56 Å². The maximum atomic E-state index is 12.5. The van der Waals surface area contributed by atoms with Crippen LogP contribution in [0, 0.1) is 27.7 Å². The highest BCUT2D eigenvalue weighted by Crippen LogP contribution is 2.28. The number of thiophene rings is 1. The van der Waals surface area contributed by atoms with Crippen LogP contribution in [0.5, 0.6) is 0 Å². The normalized spacial score (nSPS) is 10.8. The Morgan fingerprint density at radius 2 is 1.85 bits per heavy atom. The van der Waals surface area contributed by atoms with Gasteiger partial charge in [-0.05, 0) is 67.5 Å². The summed E-state index contributed by atoms with van der Waals surface area (Å²) in [5, 5.41) is 4.40. The summed E-state index contributed by atoms with van der Waals surface area (Å²) in [6.07, 6.45) is 0. The third kappa shape index (κ3) is 3.61. The summed E-state index contributed by atoms with van der Waals surface area (Å²) >= 11 is 2.95. The summed E-state index contributed by atoms with van der Waals surface area (Å²) in [5.41, 5.74) is 5.11. The molecule has 134 valence electrons. The Morgan fingerprint density at radius 1 is 1.08 bits per heavy atom. The molecule has 0 saturated heterocycles. The minimum absolute atomic E-state index is 0.198. The molecule has 0 fully saturated rings. The zero-order valence-electron chi connectivity index (χ0n) is 15.1. The standard InChI is InChI=1S/C20H19NO3S2/c1-11-8-15(14(4)13(3)12(11)2)17(22)9-24-20(23)16-10-26-19(21-16)18-6-5-7-25-18/h5-8,10H,9H2,1-4H3. The summed E-state index contributed by atoms with van der Waals surface area (Å²) in [4.78, 5) is 30.0. The second-order valence-electron chi connectivity index (χ2n) is 6.13. The van der Waals surface area contributed by atoms with Crippen LogP contribution in [0.4, 0.5) is 0 Å². The van der Waals surface area contributed by atoms with E-state index in [9.17, 15) is 9.59 Å². The van der Waals surface area contributed by atoms with Crippen molar-refractivity contribution in [3.8, 4) is 9.88 Å². The number of esters is 1. The molecule has 0 amide bonds. The van der Waals surface area contributed by atoms with Gasteiger partial charge in [0.1, 0.15) is 5.01 Å². The van der Waals surface area contributed by atoms with Crippen LogP contribution in [0.2, 0.25) is 0 Å². The van der Waals surface area contributed by atoms with Crippen LogP contribution in [-0.4, -0.2) is 23.3 Å². The number of carbonyl (C=O) groups excluding carboxylic acids is 2. The van der Waals surface area contributed by atoms with Gasteiger partial charge in [-0.15, -0.1) is 22.7 Å². The molecule has 0 aliphatic heterocycles. The first-order chi connectivity index (χ1) is 12.4. The molecule has 0 aliphatic carbocycles. The van der Waals surface area contributed by atoms with Gasteiger partial charge < -0.3 is 4.74 Å². The average molecular weight is 386 g/mol. The Hall–Kier alpha value is -2.31. The third-order valence-electron chi connectivity index (χ3n) is 4.56. The molecule has 0 unspecified atom stereocenters. The van der Waals surface area contributed by atoms with Gasteiger partial charge in [-0.25, -0.2) is 9.78 Å². The lowest BCUT2D eigenvalue weighted by atomic mass is 9.93. The Morgan fingerprint density at radius 3 is 2.54 bits per heavy atom. The fourth-order valence-electron chi connectivity index (χ4n) is 2.67. The van der Waals surface area contributed by atoms with Crippen LogP contribution in [0.25, 0.3) is 9.88 Å². The van der Waals surface area contributed by atoms with Gasteiger partial charge in [0, 0.05) is 10.9 Å². The Bertz CT molecular complexity index is 971. The molecule has 3 rings (SSSR count). The first-order valence-corrected chi connectivity index (χ1v) is 9.91. The highest BCUT2D eigenvalue weighted by molar-refractivity contribution is 7.20. The maximum absolute atomic E-state index is 12.5. The molecular weight excluding hydrogens is 366 g/mol. The van der Waals surface area contributed by atoms with E-state index in [1.807, 2.05) is 51.3 Å². The van der Waals surface area contributed by atoms with E-state index in [2.05, 4.69) is 4.98 Å². The second-order valence-corrected chi connectivity index (χ2v) is 7.94. The van der Waals surface area contributed by atoms with Gasteiger partial charge in [0.25, 0.3) is 0 Å². The lowest BCUT2D eigenvalue weighted by molar-refractivity contribution is 0.0469. The third-order valence-corrected chi connectivity index (χ3v) is 6.44. The van der Waals surface area contributed by atoms with E-state index in [1.54, 1.807) is 16.7 Å². The number of rotatable bonds is 5. The number of aromatic nitrogens is 1. The van der Waals surface area contributed by atoms with Crippen molar-refractivity contribution >= 4 is 34.4 Å². The van der Waals surface area contributed by atoms with Crippen molar-refractivity contribution in [1.82, 2.24) is 4.98 Å². The molecule has 6 heteroatoms. The smallest absolute Gasteiger partial charge is 0.358 e. The van der Waals surface area contributed by atoms with E-state index in [4.69, 9.17) is 4.74 Å². The predicted octanol–water partition coefficient (Wildman–Crippen LogP) is 5.14. The van der Waals surface area contributed by atoms with E-state index in [0.717, 1.165) is 26.6 Å². The molecule has 2 aromatic heterocycles. The molecule has 3 aromatic rings. The minimum Gasteiger partial charge on any atom is -0.453 e. The summed E-state index contributed by atoms with van der Waals surface area (Å²) in [6.45, 7) is 7.66. The van der Waals surface area contributed by atoms with Crippen molar-refractivity contribution in [2.75, 3.05) is 6.61 Å². The predicted molar refractivity (Wildman–Crippen MR) is 105 cm³/mol. The van der Waals surface area contributed by atoms with Crippen LogP contribution in [0.1, 0.15) is 43.1 Å². The van der Waals surface area contributed by atoms with Gasteiger partial charge in [-0.3, -0.25) is 4.79 Å². The molecule has 4 nitrogen and oxygen atoms in total. The monoisotopic (exact) mass is 385 g/mol. The van der Waals surface area contributed by atoms with Gasteiger partial charge >= 0.3 is 5.97 Å². The van der Waals surface area contributed by atoms with Crippen LogP contribution >= 0.6 is 22.7 Å². The van der Waals surface area contributed by atoms with E-state index in [1.165, 1.54) is 16.9 Å². The number of ether oxygens (including phenoxy) is 1. The lowest BCUT2D eigenvalue weighted by Gasteiger charge is -2.13. The number of benzene rings is 1. The molecule has 0 bridgehead atoms. The number of Topliss-reactive ketones (excluding diaryl/α,β-unsaturated/α-hetero) is 1. The fraction of sp³-hybridized carbons (Fsp3) is 0.250. The second kappa shape index (κ2) is 7.51. The first-order valence-electron chi connectivity index (χ1n) is 8.15. The summed E-state index contributed by atoms with van der Waals surface area (Å²) in [5.74, 6) is -0.772. The zero-order valence-corrected chi connectivity index (χ0v) is 16.7. The van der Waals surface area contributed by atoms with Crippen molar-refractivity contribution < 1.29 is 14.3 Å². The molecule has 0 N–H and O–H groups in total. The van der Waals surface area contributed by atoms with Gasteiger partial charge in [0.15, 0.2) is 12.3 Å². The van der Waals surface area contributed by atoms with E-state index < -0.39 is 5.97 Å². The maximum Gasteiger partial charge on any atom is 0.358 e. The van der Waals surface area contributed by atoms with Crippen molar-refractivity contribution in [3.05, 3.63) is 62.5 Å². The number of ketones is 1. The van der Waals surface area contributed by atoms with Crippen LogP contribution in [0.15, 0.2) is 29.0 Å². The molecule has 26 heavy (non-hydrogen) atoms. The molecule has 1 aromatic carbocycles. The lowest BCUT2D eigenvalue weighted by Crippen LogP contribution is -2.16. The first kappa shape index (κ1) is 18.5. The molecule has 0 saturated carbocycles. The SMILES string of the molecule is Cc1cc(C(=O)COC(=O)c2csc(-c3cccs3)n2)c(C)c(C)c1C. The minimum atomic E-state index is -0.574. The fourth-order valence-corrected chi connectivity index (χ4v) is 4.27. The average Bonchev–Trinajstić information content (AvgIpc) is 3.31. The number of thiazole rings is 1. The van der Waals surface area contributed by atoms with Crippen LogP contribution in [-0.2, 0) is 4.74 Å². The van der Waals surface area contributed by atoms with Gasteiger partial charge in [-0.2, -0.15) is 0 Å². The summed E-state index contributed by atoms with van der Waals surface area (Å²) < 4.78 is 5.20. The Labute approximate surface area is 160 Å². The van der Waals surface area contributed by atoms with Crippen LogP contribution in [0.3, 0.4) is 0 Å². The highest BCUT2D eigenvalue weighted by Gasteiger charge is 2.18. The largest absolute Gasteiger partial charge is 0.453 e. The van der Waals surface area contributed by atoms with Crippen molar-refractivity contribution in [2.45, 2.75) is 27.7 Å². The number of nitrogens with zero attached hydrogens (tertiary/aromatic N) is 1. The highest BCUT2D eigenvalue weighted by atomic mass is 32.1.